The first-order chi connectivity index (χ1) is 13.4. The number of halogens is 2. The maximum Gasteiger partial charge on any atom is 0.313 e. The van der Waals surface area contributed by atoms with Crippen LogP contribution in [0.5, 0.6) is 0 Å². The summed E-state index contributed by atoms with van der Waals surface area (Å²) < 4.78 is 13.0. The molecular weight excluding hydrogens is 401 g/mol. The van der Waals surface area contributed by atoms with Crippen molar-refractivity contribution >= 4 is 40.4 Å². The van der Waals surface area contributed by atoms with Crippen molar-refractivity contribution in [2.75, 3.05) is 11.9 Å². The Labute approximate surface area is 170 Å². The Morgan fingerprint density at radius 1 is 1.14 bits per heavy atom. The molecule has 3 rings (SSSR count). The van der Waals surface area contributed by atoms with Crippen LogP contribution in [0, 0.1) is 12.7 Å². The van der Waals surface area contributed by atoms with Crippen LogP contribution in [-0.2, 0) is 16.0 Å². The zero-order valence-electron chi connectivity index (χ0n) is 15.0. The number of carbonyl (C=O) groups is 2. The Bertz CT molecular complexity index is 1000. The van der Waals surface area contributed by atoms with Crippen LogP contribution in [0.3, 0.4) is 0 Å². The molecule has 3 aromatic rings. The number of aromatic nitrogens is 1. The van der Waals surface area contributed by atoms with E-state index in [1.807, 2.05) is 5.38 Å². The first kappa shape index (κ1) is 20.0. The van der Waals surface area contributed by atoms with Crippen LogP contribution < -0.4 is 10.6 Å². The van der Waals surface area contributed by atoms with Gasteiger partial charge in [-0.05, 0) is 48.9 Å². The molecule has 2 amide bonds. The molecule has 0 fully saturated rings. The van der Waals surface area contributed by atoms with Crippen LogP contribution >= 0.6 is 22.9 Å². The van der Waals surface area contributed by atoms with Crippen molar-refractivity contribution < 1.29 is 14.0 Å². The average molecular weight is 418 g/mol. The highest BCUT2D eigenvalue weighted by Gasteiger charge is 2.15. The van der Waals surface area contributed by atoms with E-state index in [0.29, 0.717) is 22.7 Å². The van der Waals surface area contributed by atoms with Crippen LogP contribution in [0.15, 0.2) is 47.8 Å². The van der Waals surface area contributed by atoms with Crippen molar-refractivity contribution in [1.82, 2.24) is 10.3 Å². The summed E-state index contributed by atoms with van der Waals surface area (Å²) in [6, 6.07) is 11.2. The lowest BCUT2D eigenvalue weighted by Gasteiger charge is -2.09. The highest BCUT2D eigenvalue weighted by atomic mass is 35.5. The molecule has 0 aliphatic heterocycles. The molecule has 144 valence electrons. The number of nitrogens with zero attached hydrogens (tertiary/aromatic N) is 1. The number of thiazole rings is 1. The topological polar surface area (TPSA) is 71.1 Å². The van der Waals surface area contributed by atoms with Gasteiger partial charge in [0.2, 0.25) is 0 Å². The zero-order chi connectivity index (χ0) is 20.1. The van der Waals surface area contributed by atoms with Crippen LogP contribution in [0.2, 0.25) is 5.02 Å². The Morgan fingerprint density at radius 3 is 2.64 bits per heavy atom. The fraction of sp³-hybridized carbons (Fsp3) is 0.150. The normalized spacial score (nSPS) is 10.5. The Morgan fingerprint density at radius 2 is 1.89 bits per heavy atom. The van der Waals surface area contributed by atoms with E-state index in [9.17, 15) is 14.0 Å². The Balaban J connectivity index is 1.50. The smallest absolute Gasteiger partial charge is 0.313 e. The second kappa shape index (κ2) is 8.95. The number of anilines is 1. The molecule has 2 N–H and O–H groups in total. The predicted octanol–water partition coefficient (Wildman–Crippen LogP) is 4.21. The lowest BCUT2D eigenvalue weighted by atomic mass is 10.2. The average Bonchev–Trinajstić information content (AvgIpc) is 3.14. The molecule has 8 heteroatoms. The zero-order valence-corrected chi connectivity index (χ0v) is 16.5. The van der Waals surface area contributed by atoms with Crippen molar-refractivity contribution in [3.8, 4) is 10.6 Å². The fourth-order valence-electron chi connectivity index (χ4n) is 2.45. The predicted molar refractivity (Wildman–Crippen MR) is 109 cm³/mol. The fourth-order valence-corrected chi connectivity index (χ4v) is 3.49. The van der Waals surface area contributed by atoms with E-state index in [2.05, 4.69) is 15.6 Å². The number of benzene rings is 2. The van der Waals surface area contributed by atoms with Crippen molar-refractivity contribution in [2.24, 2.45) is 0 Å². The largest absolute Gasteiger partial charge is 0.347 e. The minimum atomic E-state index is -0.754. The van der Waals surface area contributed by atoms with E-state index in [1.54, 1.807) is 37.3 Å². The SMILES string of the molecule is Cc1c(Cl)cccc1NC(=O)C(=O)NCCc1csc(-c2ccc(F)cc2)n1. The Kier molecular flexibility index (Phi) is 6.38. The highest BCUT2D eigenvalue weighted by Crippen LogP contribution is 2.24. The van der Waals surface area contributed by atoms with Crippen LogP contribution in [0.25, 0.3) is 10.6 Å². The summed E-state index contributed by atoms with van der Waals surface area (Å²) in [5, 5.41) is 8.28. The summed E-state index contributed by atoms with van der Waals surface area (Å²) in [6.45, 7) is 2.03. The van der Waals surface area contributed by atoms with Crippen LogP contribution in [0.1, 0.15) is 11.3 Å². The van der Waals surface area contributed by atoms with Crippen LogP contribution in [0.4, 0.5) is 10.1 Å². The molecule has 5 nitrogen and oxygen atoms in total. The van der Waals surface area contributed by atoms with Gasteiger partial charge in [-0.15, -0.1) is 11.3 Å². The third-order valence-electron chi connectivity index (χ3n) is 4.03. The van der Waals surface area contributed by atoms with Gasteiger partial charge in [-0.2, -0.15) is 0 Å². The number of amides is 2. The van der Waals surface area contributed by atoms with Gasteiger partial charge in [0.15, 0.2) is 0 Å². The van der Waals surface area contributed by atoms with Gasteiger partial charge in [0.25, 0.3) is 0 Å². The van der Waals surface area contributed by atoms with Crippen molar-refractivity contribution in [2.45, 2.75) is 13.3 Å². The summed E-state index contributed by atoms with van der Waals surface area (Å²) in [5.74, 6) is -1.78. The maximum absolute atomic E-state index is 13.0. The number of hydrogen-bond donors (Lipinski definition) is 2. The second-order valence-corrected chi connectivity index (χ2v) is 7.29. The minimum absolute atomic E-state index is 0.271. The summed E-state index contributed by atoms with van der Waals surface area (Å²) in [6.07, 6.45) is 0.479. The molecule has 0 saturated carbocycles. The van der Waals surface area contributed by atoms with Gasteiger partial charge < -0.3 is 10.6 Å². The van der Waals surface area contributed by atoms with Gasteiger partial charge in [0.1, 0.15) is 10.8 Å². The first-order valence-electron chi connectivity index (χ1n) is 8.48. The molecule has 0 aliphatic carbocycles. The summed E-state index contributed by atoms with van der Waals surface area (Å²) >= 11 is 7.45. The van der Waals surface area contributed by atoms with E-state index < -0.39 is 11.8 Å². The highest BCUT2D eigenvalue weighted by molar-refractivity contribution is 7.13. The molecule has 28 heavy (non-hydrogen) atoms. The molecule has 0 aliphatic rings. The van der Waals surface area contributed by atoms with Crippen molar-refractivity contribution in [3.63, 3.8) is 0 Å². The molecule has 0 bridgehead atoms. The van der Waals surface area contributed by atoms with E-state index in [-0.39, 0.29) is 12.4 Å². The molecule has 2 aromatic carbocycles. The van der Waals surface area contributed by atoms with Crippen molar-refractivity contribution in [1.29, 1.82) is 0 Å². The quantitative estimate of drug-likeness (QED) is 0.611. The molecular formula is C20H17ClFN3O2S. The number of rotatable bonds is 5. The molecule has 0 radical (unpaired) electrons. The number of nitrogens with one attached hydrogen (secondary N) is 2. The summed E-state index contributed by atoms with van der Waals surface area (Å²) in [5.41, 5.74) is 2.81. The number of hydrogen-bond acceptors (Lipinski definition) is 4. The molecule has 0 saturated heterocycles. The second-order valence-electron chi connectivity index (χ2n) is 6.02. The lowest BCUT2D eigenvalue weighted by Crippen LogP contribution is -2.36. The van der Waals surface area contributed by atoms with Gasteiger partial charge in [0, 0.05) is 34.6 Å². The summed E-state index contributed by atoms with van der Waals surface area (Å²) in [4.78, 5) is 28.5. The van der Waals surface area contributed by atoms with E-state index in [1.165, 1.54) is 23.5 Å². The number of carbonyl (C=O) groups excluding carboxylic acids is 2. The van der Waals surface area contributed by atoms with Gasteiger partial charge in [-0.1, -0.05) is 17.7 Å². The standard InChI is InChI=1S/C20H17ClFN3O2S/c1-12-16(21)3-2-4-17(12)25-19(27)18(26)23-10-9-15-11-28-20(24-15)13-5-7-14(22)8-6-13/h2-8,11H,9-10H2,1H3,(H,23,26)(H,25,27). The molecule has 0 atom stereocenters. The molecule has 1 heterocycles. The van der Waals surface area contributed by atoms with Gasteiger partial charge in [-0.3, -0.25) is 9.59 Å². The van der Waals surface area contributed by atoms with E-state index >= 15 is 0 Å². The van der Waals surface area contributed by atoms with E-state index in [0.717, 1.165) is 16.3 Å². The minimum Gasteiger partial charge on any atom is -0.347 e. The van der Waals surface area contributed by atoms with Crippen molar-refractivity contribution in [3.05, 3.63) is 69.9 Å². The maximum atomic E-state index is 13.0. The van der Waals surface area contributed by atoms with Gasteiger partial charge in [-0.25, -0.2) is 9.37 Å². The molecule has 0 spiro atoms. The first-order valence-corrected chi connectivity index (χ1v) is 9.74. The third-order valence-corrected chi connectivity index (χ3v) is 5.38. The molecule has 0 unspecified atom stereocenters. The lowest BCUT2D eigenvalue weighted by molar-refractivity contribution is -0.136. The van der Waals surface area contributed by atoms with Gasteiger partial charge >= 0.3 is 11.8 Å². The third kappa shape index (κ3) is 4.94. The van der Waals surface area contributed by atoms with Crippen LogP contribution in [-0.4, -0.2) is 23.3 Å². The monoisotopic (exact) mass is 417 g/mol. The van der Waals surface area contributed by atoms with Gasteiger partial charge in [0.05, 0.1) is 5.69 Å². The summed E-state index contributed by atoms with van der Waals surface area (Å²) in [7, 11) is 0. The molecule has 1 aromatic heterocycles. The van der Waals surface area contributed by atoms with E-state index in [4.69, 9.17) is 11.6 Å². The Hall–Kier alpha value is -2.77.